The maximum absolute atomic E-state index is 12.4. The van der Waals surface area contributed by atoms with E-state index in [1.165, 1.54) is 16.9 Å². The predicted octanol–water partition coefficient (Wildman–Crippen LogP) is 3.38. The molecule has 0 saturated carbocycles. The average molecular weight is 316 g/mol. The number of benzene rings is 1. The number of amides is 1. The number of aromatic nitrogens is 1. The van der Waals surface area contributed by atoms with Crippen LogP contribution in [-0.4, -0.2) is 35.5 Å². The van der Waals surface area contributed by atoms with Crippen molar-refractivity contribution in [1.82, 2.24) is 9.88 Å². The van der Waals surface area contributed by atoms with Gasteiger partial charge in [-0.15, -0.1) is 11.3 Å². The summed E-state index contributed by atoms with van der Waals surface area (Å²) >= 11 is 1.40. The van der Waals surface area contributed by atoms with E-state index in [0.29, 0.717) is 12.5 Å². The predicted molar refractivity (Wildman–Crippen MR) is 87.4 cm³/mol. The average Bonchev–Trinajstić information content (AvgIpc) is 3.07. The monoisotopic (exact) mass is 316 g/mol. The highest BCUT2D eigenvalue weighted by molar-refractivity contribution is 7.11. The van der Waals surface area contributed by atoms with Crippen molar-refractivity contribution in [3.8, 4) is 5.75 Å². The van der Waals surface area contributed by atoms with E-state index < -0.39 is 0 Å². The van der Waals surface area contributed by atoms with Gasteiger partial charge in [0.15, 0.2) is 0 Å². The minimum Gasteiger partial charge on any atom is -0.493 e. The van der Waals surface area contributed by atoms with E-state index in [2.05, 4.69) is 18.0 Å². The van der Waals surface area contributed by atoms with Crippen LogP contribution >= 0.6 is 11.3 Å². The van der Waals surface area contributed by atoms with Crippen molar-refractivity contribution >= 4 is 17.2 Å². The third-order valence-electron chi connectivity index (χ3n) is 3.92. The van der Waals surface area contributed by atoms with E-state index >= 15 is 0 Å². The Morgan fingerprint density at radius 1 is 1.50 bits per heavy atom. The largest absolute Gasteiger partial charge is 0.493 e. The Morgan fingerprint density at radius 2 is 2.41 bits per heavy atom. The number of carbonyl (C=O) groups is 1. The van der Waals surface area contributed by atoms with Gasteiger partial charge in [-0.25, -0.2) is 0 Å². The SMILES string of the molecule is Cc1cccc(OC[C@@H]2CCCN(C(=O)c3cncs3)C2)c1. The summed E-state index contributed by atoms with van der Waals surface area (Å²) in [4.78, 5) is 19.0. The number of likely N-dealkylation sites (tertiary alicyclic amines) is 1. The minimum absolute atomic E-state index is 0.0998. The lowest BCUT2D eigenvalue weighted by Gasteiger charge is -2.32. The van der Waals surface area contributed by atoms with Crippen LogP contribution in [0.15, 0.2) is 36.0 Å². The van der Waals surface area contributed by atoms with Crippen LogP contribution in [0, 0.1) is 12.8 Å². The van der Waals surface area contributed by atoms with Crippen molar-refractivity contribution in [2.45, 2.75) is 19.8 Å². The molecule has 0 spiro atoms. The van der Waals surface area contributed by atoms with Gasteiger partial charge in [-0.3, -0.25) is 9.78 Å². The summed E-state index contributed by atoms with van der Waals surface area (Å²) in [5.41, 5.74) is 2.90. The van der Waals surface area contributed by atoms with E-state index in [0.717, 1.165) is 36.6 Å². The zero-order valence-corrected chi connectivity index (χ0v) is 13.5. The van der Waals surface area contributed by atoms with Gasteiger partial charge in [-0.2, -0.15) is 0 Å². The van der Waals surface area contributed by atoms with Crippen LogP contribution in [0.25, 0.3) is 0 Å². The Balaban J connectivity index is 1.55. The second kappa shape index (κ2) is 6.92. The molecule has 0 bridgehead atoms. The van der Waals surface area contributed by atoms with E-state index in [1.807, 2.05) is 23.1 Å². The summed E-state index contributed by atoms with van der Waals surface area (Å²) in [7, 11) is 0. The molecule has 1 aromatic heterocycles. The maximum atomic E-state index is 12.4. The third kappa shape index (κ3) is 3.65. The van der Waals surface area contributed by atoms with Gasteiger partial charge < -0.3 is 9.64 Å². The smallest absolute Gasteiger partial charge is 0.265 e. The minimum atomic E-state index is 0.0998. The molecule has 116 valence electrons. The number of piperidine rings is 1. The van der Waals surface area contributed by atoms with Gasteiger partial charge in [0, 0.05) is 19.0 Å². The second-order valence-electron chi connectivity index (χ2n) is 5.75. The lowest BCUT2D eigenvalue weighted by molar-refractivity contribution is 0.0638. The number of rotatable bonds is 4. The molecule has 0 unspecified atom stereocenters. The van der Waals surface area contributed by atoms with E-state index in [1.54, 1.807) is 11.7 Å². The van der Waals surface area contributed by atoms with Crippen LogP contribution < -0.4 is 4.74 Å². The van der Waals surface area contributed by atoms with Crippen LogP contribution in [-0.2, 0) is 0 Å². The van der Waals surface area contributed by atoms with E-state index in [-0.39, 0.29) is 5.91 Å². The van der Waals surface area contributed by atoms with Crippen molar-refractivity contribution in [2.75, 3.05) is 19.7 Å². The Hall–Kier alpha value is -1.88. The molecule has 0 N–H and O–H groups in total. The van der Waals surface area contributed by atoms with Gasteiger partial charge in [0.1, 0.15) is 10.6 Å². The van der Waals surface area contributed by atoms with Gasteiger partial charge in [-0.05, 0) is 37.5 Å². The van der Waals surface area contributed by atoms with Crippen molar-refractivity contribution < 1.29 is 9.53 Å². The van der Waals surface area contributed by atoms with Crippen molar-refractivity contribution in [1.29, 1.82) is 0 Å². The third-order valence-corrected chi connectivity index (χ3v) is 4.69. The number of aryl methyl sites for hydroxylation is 1. The summed E-state index contributed by atoms with van der Waals surface area (Å²) in [6.45, 7) is 4.32. The first-order valence-corrected chi connectivity index (χ1v) is 8.47. The Kier molecular flexibility index (Phi) is 4.73. The zero-order chi connectivity index (χ0) is 15.4. The van der Waals surface area contributed by atoms with Crippen molar-refractivity contribution in [2.24, 2.45) is 5.92 Å². The molecule has 2 aromatic rings. The summed E-state index contributed by atoms with van der Waals surface area (Å²) in [5.74, 6) is 1.40. The Morgan fingerprint density at radius 3 is 3.18 bits per heavy atom. The summed E-state index contributed by atoms with van der Waals surface area (Å²) in [6, 6.07) is 8.09. The highest BCUT2D eigenvalue weighted by atomic mass is 32.1. The number of ether oxygens (including phenoxy) is 1. The molecule has 1 amide bonds. The second-order valence-corrected chi connectivity index (χ2v) is 6.64. The zero-order valence-electron chi connectivity index (χ0n) is 12.7. The van der Waals surface area contributed by atoms with Crippen LogP contribution in [0.5, 0.6) is 5.75 Å². The van der Waals surface area contributed by atoms with Gasteiger partial charge in [0.05, 0.1) is 18.3 Å². The molecule has 1 aromatic carbocycles. The fraction of sp³-hybridized carbons (Fsp3) is 0.412. The Labute approximate surface area is 134 Å². The summed E-state index contributed by atoms with van der Waals surface area (Å²) in [5, 5.41) is 0. The van der Waals surface area contributed by atoms with Crippen molar-refractivity contribution in [3.63, 3.8) is 0 Å². The maximum Gasteiger partial charge on any atom is 0.265 e. The molecule has 4 nitrogen and oxygen atoms in total. The fourth-order valence-corrected chi connectivity index (χ4v) is 3.37. The highest BCUT2D eigenvalue weighted by Crippen LogP contribution is 2.21. The number of nitrogens with zero attached hydrogens (tertiary/aromatic N) is 2. The van der Waals surface area contributed by atoms with Gasteiger partial charge in [-0.1, -0.05) is 12.1 Å². The van der Waals surface area contributed by atoms with Crippen LogP contribution in [0.1, 0.15) is 28.1 Å². The lowest BCUT2D eigenvalue weighted by Crippen LogP contribution is -2.41. The standard InChI is InChI=1S/C17H20N2O2S/c1-13-4-2-6-15(8-13)21-11-14-5-3-7-19(10-14)17(20)16-9-18-12-22-16/h2,4,6,8-9,12,14H,3,5,7,10-11H2,1H3/t14-/m1/s1. The van der Waals surface area contributed by atoms with Gasteiger partial charge in [0.25, 0.3) is 5.91 Å². The molecule has 5 heteroatoms. The molecule has 1 atom stereocenters. The molecular weight excluding hydrogens is 296 g/mol. The fourth-order valence-electron chi connectivity index (χ4n) is 2.78. The number of carbonyl (C=O) groups excluding carboxylic acids is 1. The van der Waals surface area contributed by atoms with Gasteiger partial charge >= 0.3 is 0 Å². The molecule has 1 fully saturated rings. The molecule has 1 aliphatic rings. The first kappa shape index (κ1) is 15.0. The molecule has 22 heavy (non-hydrogen) atoms. The topological polar surface area (TPSA) is 42.4 Å². The number of thiazole rings is 1. The van der Waals surface area contributed by atoms with Crippen LogP contribution in [0.3, 0.4) is 0 Å². The quantitative estimate of drug-likeness (QED) is 0.868. The molecule has 1 saturated heterocycles. The van der Waals surface area contributed by atoms with E-state index in [4.69, 9.17) is 4.74 Å². The number of hydrogen-bond acceptors (Lipinski definition) is 4. The molecule has 3 rings (SSSR count). The highest BCUT2D eigenvalue weighted by Gasteiger charge is 2.25. The molecular formula is C17H20N2O2S. The van der Waals surface area contributed by atoms with Crippen LogP contribution in [0.2, 0.25) is 0 Å². The van der Waals surface area contributed by atoms with Crippen molar-refractivity contribution in [3.05, 3.63) is 46.4 Å². The van der Waals surface area contributed by atoms with E-state index in [9.17, 15) is 4.79 Å². The molecule has 0 aliphatic carbocycles. The summed E-state index contributed by atoms with van der Waals surface area (Å²) in [6.07, 6.45) is 3.80. The normalized spacial score (nSPS) is 18.2. The molecule has 1 aliphatic heterocycles. The molecule has 2 heterocycles. The summed E-state index contributed by atoms with van der Waals surface area (Å²) < 4.78 is 5.90. The number of hydrogen-bond donors (Lipinski definition) is 0. The Bertz CT molecular complexity index is 627. The first-order chi connectivity index (χ1) is 10.7. The van der Waals surface area contributed by atoms with Gasteiger partial charge in [0.2, 0.25) is 0 Å². The first-order valence-electron chi connectivity index (χ1n) is 7.59. The van der Waals surface area contributed by atoms with Crippen LogP contribution in [0.4, 0.5) is 0 Å². The molecule has 0 radical (unpaired) electrons. The lowest BCUT2D eigenvalue weighted by atomic mass is 9.99.